The van der Waals surface area contributed by atoms with Crippen LogP contribution in [0.4, 0.5) is 8.78 Å². The van der Waals surface area contributed by atoms with Gasteiger partial charge in [0.1, 0.15) is 23.5 Å². The van der Waals surface area contributed by atoms with Crippen molar-refractivity contribution >= 4 is 28.9 Å². The second-order valence-corrected chi connectivity index (χ2v) is 6.88. The van der Waals surface area contributed by atoms with Crippen LogP contribution in [0.15, 0.2) is 41.5 Å². The molecule has 132 valence electrons. The molecule has 1 aliphatic heterocycles. The smallest absolute Gasteiger partial charge is 0.138 e. The van der Waals surface area contributed by atoms with Gasteiger partial charge in [0.15, 0.2) is 0 Å². The lowest BCUT2D eigenvalue weighted by molar-refractivity contribution is 0.578. The summed E-state index contributed by atoms with van der Waals surface area (Å²) in [5.41, 5.74) is 1.77. The Labute approximate surface area is 158 Å². The Bertz CT molecular complexity index is 1050. The molecule has 0 bridgehead atoms. The number of aryl methyl sites for hydroxylation is 1. The fourth-order valence-electron chi connectivity index (χ4n) is 3.25. The lowest BCUT2D eigenvalue weighted by Gasteiger charge is -2.16. The molecule has 0 aliphatic carbocycles. The number of benzene rings is 2. The first kappa shape index (κ1) is 17.2. The molecule has 7 heteroatoms. The van der Waals surface area contributed by atoms with Gasteiger partial charge in [0.2, 0.25) is 0 Å². The van der Waals surface area contributed by atoms with Crippen LogP contribution in [-0.2, 0) is 0 Å². The molecule has 1 aromatic heterocycles. The number of aromatic nitrogens is 2. The average molecular weight is 392 g/mol. The fourth-order valence-corrected chi connectivity index (χ4v) is 3.65. The van der Waals surface area contributed by atoms with Crippen molar-refractivity contribution < 1.29 is 8.78 Å². The van der Waals surface area contributed by atoms with Gasteiger partial charge >= 0.3 is 0 Å². The molecule has 0 fully saturated rings. The van der Waals surface area contributed by atoms with Crippen molar-refractivity contribution in [1.29, 1.82) is 0 Å². The third-order valence-electron chi connectivity index (χ3n) is 4.41. The predicted octanol–water partition coefficient (Wildman–Crippen LogP) is 5.68. The van der Waals surface area contributed by atoms with Crippen LogP contribution >= 0.6 is 23.2 Å². The van der Waals surface area contributed by atoms with Crippen LogP contribution in [0.25, 0.3) is 5.69 Å². The summed E-state index contributed by atoms with van der Waals surface area (Å²) in [7, 11) is 0. The van der Waals surface area contributed by atoms with Gasteiger partial charge in [-0.3, -0.25) is 9.56 Å². The molecule has 0 spiro atoms. The largest absolute Gasteiger partial charge is 0.298 e. The first-order valence-corrected chi connectivity index (χ1v) is 8.71. The zero-order chi connectivity index (χ0) is 18.6. The molecule has 0 amide bonds. The SMILES string of the molecule is Cc1cnc2n1-c1ccc(Cl)c(Cl)c1C(c1c(F)cccc1F)=N[C@H]2C. The van der Waals surface area contributed by atoms with Crippen molar-refractivity contribution in [2.75, 3.05) is 0 Å². The Hall–Kier alpha value is -2.24. The lowest BCUT2D eigenvalue weighted by Crippen LogP contribution is -2.12. The Morgan fingerprint density at radius 3 is 2.42 bits per heavy atom. The highest BCUT2D eigenvalue weighted by Crippen LogP contribution is 2.38. The van der Waals surface area contributed by atoms with E-state index < -0.39 is 17.7 Å². The third-order valence-corrected chi connectivity index (χ3v) is 5.22. The molecule has 2 aromatic carbocycles. The maximum atomic E-state index is 14.5. The molecular formula is C19H13Cl2F2N3. The van der Waals surface area contributed by atoms with Crippen molar-refractivity contribution in [3.8, 4) is 5.69 Å². The van der Waals surface area contributed by atoms with E-state index >= 15 is 0 Å². The van der Waals surface area contributed by atoms with Crippen molar-refractivity contribution in [2.24, 2.45) is 4.99 Å². The van der Waals surface area contributed by atoms with E-state index in [1.54, 1.807) is 18.3 Å². The molecule has 26 heavy (non-hydrogen) atoms. The first-order valence-electron chi connectivity index (χ1n) is 7.95. The Morgan fingerprint density at radius 1 is 1.04 bits per heavy atom. The quantitative estimate of drug-likeness (QED) is 0.524. The fraction of sp³-hybridized carbons (Fsp3) is 0.158. The van der Waals surface area contributed by atoms with Gasteiger partial charge in [-0.05, 0) is 38.1 Å². The van der Waals surface area contributed by atoms with E-state index in [1.807, 2.05) is 18.4 Å². The van der Waals surface area contributed by atoms with Crippen LogP contribution in [0.5, 0.6) is 0 Å². The van der Waals surface area contributed by atoms with Gasteiger partial charge in [-0.15, -0.1) is 0 Å². The molecule has 2 heterocycles. The van der Waals surface area contributed by atoms with Crippen LogP contribution in [0.3, 0.4) is 0 Å². The summed E-state index contributed by atoms with van der Waals surface area (Å²) in [4.78, 5) is 8.99. The summed E-state index contributed by atoms with van der Waals surface area (Å²) < 4.78 is 31.0. The number of imidazole rings is 1. The Morgan fingerprint density at radius 2 is 1.73 bits per heavy atom. The number of aliphatic imine (C=N–C) groups is 1. The number of nitrogens with zero attached hydrogens (tertiary/aromatic N) is 3. The average Bonchev–Trinajstić information content (AvgIpc) is 2.92. The highest BCUT2D eigenvalue weighted by Gasteiger charge is 2.30. The molecular weight excluding hydrogens is 379 g/mol. The molecule has 0 unspecified atom stereocenters. The second kappa shape index (κ2) is 6.18. The highest BCUT2D eigenvalue weighted by atomic mass is 35.5. The molecule has 3 nitrogen and oxygen atoms in total. The molecule has 0 saturated carbocycles. The van der Waals surface area contributed by atoms with Gasteiger partial charge in [0.05, 0.1) is 27.0 Å². The Balaban J connectivity index is 2.14. The maximum absolute atomic E-state index is 14.5. The zero-order valence-corrected chi connectivity index (χ0v) is 15.4. The van der Waals surface area contributed by atoms with Crippen LogP contribution in [-0.4, -0.2) is 15.3 Å². The van der Waals surface area contributed by atoms with Crippen molar-refractivity contribution in [3.05, 3.63) is 80.9 Å². The van der Waals surface area contributed by atoms with Crippen LogP contribution < -0.4 is 0 Å². The summed E-state index contributed by atoms with van der Waals surface area (Å²) >= 11 is 12.7. The maximum Gasteiger partial charge on any atom is 0.138 e. The minimum atomic E-state index is -0.714. The minimum Gasteiger partial charge on any atom is -0.298 e. The van der Waals surface area contributed by atoms with E-state index in [-0.39, 0.29) is 21.3 Å². The highest BCUT2D eigenvalue weighted by molar-refractivity contribution is 6.45. The van der Waals surface area contributed by atoms with Gasteiger partial charge in [-0.25, -0.2) is 13.8 Å². The predicted molar refractivity (Wildman–Crippen MR) is 98.7 cm³/mol. The van der Waals surface area contributed by atoms with E-state index in [4.69, 9.17) is 23.2 Å². The summed E-state index contributed by atoms with van der Waals surface area (Å²) in [6.45, 7) is 3.71. The molecule has 0 N–H and O–H groups in total. The summed E-state index contributed by atoms with van der Waals surface area (Å²) in [5.74, 6) is -0.766. The standard InChI is InChI=1S/C19H13Cl2F2N3/c1-9-8-24-19-10(2)25-18(15-12(22)4-3-5-13(15)23)16-14(26(9)19)7-6-11(20)17(16)21/h3-8,10H,1-2H3/t10-/m0/s1. The molecule has 3 aromatic rings. The number of hydrogen-bond acceptors (Lipinski definition) is 2. The van der Waals surface area contributed by atoms with E-state index in [0.717, 1.165) is 5.69 Å². The lowest BCUT2D eigenvalue weighted by atomic mass is 9.99. The minimum absolute atomic E-state index is 0.125. The monoisotopic (exact) mass is 391 g/mol. The van der Waals surface area contributed by atoms with E-state index in [1.165, 1.54) is 18.2 Å². The van der Waals surface area contributed by atoms with E-state index in [9.17, 15) is 8.78 Å². The van der Waals surface area contributed by atoms with Gasteiger partial charge in [-0.2, -0.15) is 0 Å². The van der Waals surface area contributed by atoms with Crippen molar-refractivity contribution in [2.45, 2.75) is 19.9 Å². The van der Waals surface area contributed by atoms with Crippen LogP contribution in [0.1, 0.15) is 35.6 Å². The molecule has 0 saturated heterocycles. The summed E-state index contributed by atoms with van der Waals surface area (Å²) in [6.07, 6.45) is 1.72. The number of rotatable bonds is 1. The molecule has 1 aliphatic rings. The van der Waals surface area contributed by atoms with Crippen molar-refractivity contribution in [1.82, 2.24) is 9.55 Å². The summed E-state index contributed by atoms with van der Waals surface area (Å²) in [5, 5.41) is 0.474. The first-order chi connectivity index (χ1) is 12.4. The normalized spacial score (nSPS) is 15.9. The molecule has 1 atom stereocenters. The molecule has 0 radical (unpaired) electrons. The third kappa shape index (κ3) is 2.46. The molecule has 4 rings (SSSR count). The van der Waals surface area contributed by atoms with Gasteiger partial charge in [-0.1, -0.05) is 29.3 Å². The number of halogens is 4. The van der Waals surface area contributed by atoms with Crippen LogP contribution in [0.2, 0.25) is 10.0 Å². The number of fused-ring (bicyclic) bond motifs is 3. The topological polar surface area (TPSA) is 30.2 Å². The number of hydrogen-bond donors (Lipinski definition) is 0. The van der Waals surface area contributed by atoms with Crippen LogP contribution in [0, 0.1) is 18.6 Å². The zero-order valence-electron chi connectivity index (χ0n) is 13.9. The van der Waals surface area contributed by atoms with Gasteiger partial charge in [0, 0.05) is 17.5 Å². The van der Waals surface area contributed by atoms with Gasteiger partial charge in [0.25, 0.3) is 0 Å². The van der Waals surface area contributed by atoms with E-state index in [2.05, 4.69) is 9.98 Å². The van der Waals surface area contributed by atoms with Gasteiger partial charge < -0.3 is 0 Å². The van der Waals surface area contributed by atoms with Crippen molar-refractivity contribution in [3.63, 3.8) is 0 Å². The summed E-state index contributed by atoms with van der Waals surface area (Å²) in [6, 6.07) is 6.67. The Kier molecular flexibility index (Phi) is 4.09. The van der Waals surface area contributed by atoms with E-state index in [0.29, 0.717) is 17.1 Å². The second-order valence-electron chi connectivity index (χ2n) is 6.10.